The van der Waals surface area contributed by atoms with Crippen LogP contribution in [0, 0.1) is 5.92 Å². The third kappa shape index (κ3) is 4.46. The molecule has 0 radical (unpaired) electrons. The maximum absolute atomic E-state index is 15.1. The number of anilines is 2. The molecule has 5 aromatic carbocycles. The molecule has 48 heavy (non-hydrogen) atoms. The topological polar surface area (TPSA) is 84.9 Å². The van der Waals surface area contributed by atoms with E-state index in [4.69, 9.17) is 9.47 Å². The number of para-hydroxylation sites is 2. The van der Waals surface area contributed by atoms with Crippen LogP contribution >= 0.6 is 0 Å². The molecule has 1 saturated heterocycles. The highest BCUT2D eigenvalue weighted by atomic mass is 16.5. The second-order valence-corrected chi connectivity index (χ2v) is 12.3. The van der Waals surface area contributed by atoms with Gasteiger partial charge >= 0.3 is 5.97 Å². The minimum Gasteiger partial charge on any atom is -0.497 e. The van der Waals surface area contributed by atoms with E-state index in [-0.39, 0.29) is 11.7 Å². The molecular formula is C41H32N2O5. The molecule has 1 amide bonds. The molecule has 0 saturated carbocycles. The summed E-state index contributed by atoms with van der Waals surface area (Å²) in [7, 11) is 1.56. The summed E-state index contributed by atoms with van der Waals surface area (Å²) in [6, 6.07) is 39.3. The Bertz CT molecular complexity index is 2020. The highest BCUT2D eigenvalue weighted by molar-refractivity contribution is 6.16. The zero-order valence-electron chi connectivity index (χ0n) is 26.2. The molecule has 3 aliphatic rings. The van der Waals surface area contributed by atoms with Gasteiger partial charge in [-0.2, -0.15) is 0 Å². The molecule has 1 spiro atoms. The van der Waals surface area contributed by atoms with Crippen molar-refractivity contribution >= 4 is 35.1 Å². The molecule has 3 aliphatic heterocycles. The van der Waals surface area contributed by atoms with Gasteiger partial charge in [0.05, 0.1) is 19.1 Å². The first-order valence-electron chi connectivity index (χ1n) is 16.0. The fourth-order valence-corrected chi connectivity index (χ4v) is 7.80. The number of methoxy groups -OCH3 is 1. The second kappa shape index (κ2) is 11.7. The van der Waals surface area contributed by atoms with E-state index in [1.165, 1.54) is 0 Å². The first-order chi connectivity index (χ1) is 23.5. The fraction of sp³-hybridized carbons (Fsp3) is 0.146. The molecule has 0 unspecified atom stereocenters. The van der Waals surface area contributed by atoms with E-state index < -0.39 is 35.5 Å². The van der Waals surface area contributed by atoms with Gasteiger partial charge in [0.1, 0.15) is 17.2 Å². The van der Waals surface area contributed by atoms with Gasteiger partial charge < -0.3 is 19.7 Å². The van der Waals surface area contributed by atoms with Crippen LogP contribution in [-0.4, -0.2) is 36.9 Å². The number of ketones is 1. The average Bonchev–Trinajstić information content (AvgIpc) is 3.63. The van der Waals surface area contributed by atoms with Gasteiger partial charge in [-0.3, -0.25) is 9.59 Å². The van der Waals surface area contributed by atoms with Crippen LogP contribution in [0.2, 0.25) is 0 Å². The van der Waals surface area contributed by atoms with Crippen molar-refractivity contribution in [3.05, 3.63) is 167 Å². The standard InChI is InChI=1S/C41H32N2O5/c1-47-30-23-20-27(21-24-30)37(44)35-36(39(45)48-38(28-13-4-2-5-14-28)29-15-6-3-7-16-29)43-33-19-11-8-12-26(33)22-25-34(43)41(35)31-17-9-10-18-32(31)42-40(41)46/h2-25,34-36,38H,1H3,(H,42,46)/t34-,35-,36-,41+/m1/s1. The van der Waals surface area contributed by atoms with Gasteiger partial charge in [-0.1, -0.05) is 109 Å². The number of rotatable bonds is 7. The van der Waals surface area contributed by atoms with Gasteiger partial charge in [0.15, 0.2) is 11.9 Å². The lowest BCUT2D eigenvalue weighted by Gasteiger charge is -2.37. The summed E-state index contributed by atoms with van der Waals surface area (Å²) in [5.74, 6) is -1.80. The number of carbonyl (C=O) groups excluding carboxylic acids is 3. The summed E-state index contributed by atoms with van der Waals surface area (Å²) in [6.45, 7) is 0. The van der Waals surface area contributed by atoms with Crippen LogP contribution in [0.15, 0.2) is 140 Å². The first kappa shape index (κ1) is 29.5. The minimum absolute atomic E-state index is 0.326. The molecule has 236 valence electrons. The van der Waals surface area contributed by atoms with Crippen molar-refractivity contribution < 1.29 is 23.9 Å². The summed E-state index contributed by atoms with van der Waals surface area (Å²) >= 11 is 0. The highest BCUT2D eigenvalue weighted by Crippen LogP contribution is 2.58. The molecule has 1 fully saturated rings. The number of nitrogens with one attached hydrogen (secondary N) is 1. The maximum atomic E-state index is 15.1. The van der Waals surface area contributed by atoms with Crippen LogP contribution in [0.5, 0.6) is 5.75 Å². The van der Waals surface area contributed by atoms with Gasteiger partial charge in [0.2, 0.25) is 5.91 Å². The number of nitrogens with zero attached hydrogens (tertiary/aromatic N) is 1. The van der Waals surface area contributed by atoms with Gasteiger partial charge in [-0.25, -0.2) is 4.79 Å². The van der Waals surface area contributed by atoms with E-state index in [0.717, 1.165) is 22.4 Å². The number of amides is 1. The summed E-state index contributed by atoms with van der Waals surface area (Å²) in [6.07, 6.45) is 3.19. The smallest absolute Gasteiger partial charge is 0.330 e. The molecule has 0 bridgehead atoms. The molecule has 5 aromatic rings. The van der Waals surface area contributed by atoms with Crippen LogP contribution in [0.3, 0.4) is 0 Å². The van der Waals surface area contributed by atoms with Crippen LogP contribution in [0.1, 0.15) is 38.7 Å². The van der Waals surface area contributed by atoms with E-state index in [2.05, 4.69) is 5.32 Å². The summed E-state index contributed by atoms with van der Waals surface area (Å²) in [5, 5.41) is 3.07. The third-order valence-electron chi connectivity index (χ3n) is 9.88. The fourth-order valence-electron chi connectivity index (χ4n) is 7.80. The van der Waals surface area contributed by atoms with E-state index in [9.17, 15) is 4.79 Å². The predicted octanol–water partition coefficient (Wildman–Crippen LogP) is 7.00. The van der Waals surface area contributed by atoms with Crippen LogP contribution in [0.25, 0.3) is 6.08 Å². The second-order valence-electron chi connectivity index (χ2n) is 12.3. The Morgan fingerprint density at radius 3 is 2.08 bits per heavy atom. The number of fused-ring (bicyclic) bond motifs is 6. The zero-order chi connectivity index (χ0) is 32.8. The summed E-state index contributed by atoms with van der Waals surface area (Å²) in [4.78, 5) is 46.7. The van der Waals surface area contributed by atoms with Gasteiger partial charge in [-0.05, 0) is 58.7 Å². The Balaban J connectivity index is 1.35. The van der Waals surface area contributed by atoms with E-state index in [1.807, 2.05) is 126 Å². The normalized spacial score (nSPS) is 21.8. The van der Waals surface area contributed by atoms with Gasteiger partial charge in [0.25, 0.3) is 0 Å². The van der Waals surface area contributed by atoms with Gasteiger partial charge in [-0.15, -0.1) is 0 Å². The quantitative estimate of drug-likeness (QED) is 0.154. The number of hydrogen-bond acceptors (Lipinski definition) is 6. The molecule has 1 N–H and O–H groups in total. The number of benzene rings is 5. The van der Waals surface area contributed by atoms with Crippen molar-refractivity contribution in [2.45, 2.75) is 23.6 Å². The van der Waals surface area contributed by atoms with Crippen LogP contribution < -0.4 is 15.0 Å². The van der Waals surface area contributed by atoms with Crippen molar-refractivity contribution in [1.82, 2.24) is 0 Å². The molecule has 3 heterocycles. The average molecular weight is 633 g/mol. The Morgan fingerprint density at radius 1 is 0.771 bits per heavy atom. The van der Waals surface area contributed by atoms with Crippen molar-refractivity contribution in [2.75, 3.05) is 17.3 Å². The van der Waals surface area contributed by atoms with E-state index >= 15 is 9.59 Å². The highest BCUT2D eigenvalue weighted by Gasteiger charge is 2.71. The van der Waals surface area contributed by atoms with Crippen LogP contribution in [-0.2, 0) is 19.7 Å². The zero-order valence-corrected chi connectivity index (χ0v) is 26.2. The van der Waals surface area contributed by atoms with Crippen LogP contribution in [0.4, 0.5) is 11.4 Å². The number of Topliss-reactive ketones (excluding diaryl/α,β-unsaturated/α-hetero) is 1. The largest absolute Gasteiger partial charge is 0.497 e. The molecule has 8 rings (SSSR count). The molecule has 0 aliphatic carbocycles. The lowest BCUT2D eigenvalue weighted by molar-refractivity contribution is -0.150. The lowest BCUT2D eigenvalue weighted by Crippen LogP contribution is -2.51. The molecule has 4 atom stereocenters. The SMILES string of the molecule is COc1ccc(C(=O)[C@H]2[C@H](C(=O)OC(c3ccccc3)c3ccccc3)N3c4ccccc4C=C[C@@H]3[C@]23C(=O)Nc2ccccc23)cc1. The van der Waals surface area contributed by atoms with Gasteiger partial charge in [0, 0.05) is 16.9 Å². The Hall–Kier alpha value is -5.95. The number of carbonyl (C=O) groups is 3. The Kier molecular flexibility index (Phi) is 7.17. The van der Waals surface area contributed by atoms with E-state index in [0.29, 0.717) is 22.6 Å². The Morgan fingerprint density at radius 2 is 1.40 bits per heavy atom. The van der Waals surface area contributed by atoms with Crippen molar-refractivity contribution in [1.29, 1.82) is 0 Å². The third-order valence-corrected chi connectivity index (χ3v) is 9.88. The van der Waals surface area contributed by atoms with Crippen molar-refractivity contribution in [2.24, 2.45) is 5.92 Å². The first-order valence-corrected chi connectivity index (χ1v) is 16.0. The molecule has 7 heteroatoms. The minimum atomic E-state index is -1.43. The summed E-state index contributed by atoms with van der Waals surface area (Å²) < 4.78 is 11.9. The molecule has 0 aromatic heterocycles. The summed E-state index contributed by atoms with van der Waals surface area (Å²) in [5.41, 5.74) is 3.47. The Labute approximate surface area is 278 Å². The lowest BCUT2D eigenvalue weighted by atomic mass is 9.64. The number of hydrogen-bond donors (Lipinski definition) is 1. The van der Waals surface area contributed by atoms with Crippen molar-refractivity contribution in [3.63, 3.8) is 0 Å². The monoisotopic (exact) mass is 632 g/mol. The number of esters is 1. The van der Waals surface area contributed by atoms with Crippen molar-refractivity contribution in [3.8, 4) is 5.75 Å². The maximum Gasteiger partial charge on any atom is 0.330 e. The molecular weight excluding hydrogens is 600 g/mol. The number of ether oxygens (including phenoxy) is 2. The molecule has 7 nitrogen and oxygen atoms in total. The van der Waals surface area contributed by atoms with E-state index in [1.54, 1.807) is 31.4 Å². The predicted molar refractivity (Wildman–Crippen MR) is 184 cm³/mol.